The summed E-state index contributed by atoms with van der Waals surface area (Å²) in [6.07, 6.45) is 6.70. The predicted molar refractivity (Wildman–Crippen MR) is 205 cm³/mol. The second kappa shape index (κ2) is 15.6. The highest BCUT2D eigenvalue weighted by molar-refractivity contribution is 6.05. The highest BCUT2D eigenvalue weighted by Gasteiger charge is 2.39. The Morgan fingerprint density at radius 2 is 1.56 bits per heavy atom. The Bertz CT molecular complexity index is 1960. The Labute approximate surface area is 316 Å². The van der Waals surface area contributed by atoms with Gasteiger partial charge in [-0.25, -0.2) is 0 Å². The molecule has 286 valence electrons. The number of nitrogens with one attached hydrogen (secondary N) is 3. The summed E-state index contributed by atoms with van der Waals surface area (Å²) in [5, 5.41) is 5.69. The van der Waals surface area contributed by atoms with Gasteiger partial charge in [0, 0.05) is 93.9 Å². The monoisotopic (exact) mass is 737 g/mol. The number of benzene rings is 2. The van der Waals surface area contributed by atoms with Gasteiger partial charge in [0.2, 0.25) is 11.8 Å². The summed E-state index contributed by atoms with van der Waals surface area (Å²) in [4.78, 5) is 61.9. The zero-order valence-electron chi connectivity index (χ0n) is 31.4. The molecular weight excluding hydrogens is 686 g/mol. The number of hydrogen-bond acceptors (Lipinski definition) is 10. The number of anilines is 1. The van der Waals surface area contributed by atoms with E-state index in [1.54, 1.807) is 19.1 Å². The molecule has 1 atom stereocenters. The predicted octanol–water partition coefficient (Wildman–Crippen LogP) is 2.89. The normalized spacial score (nSPS) is 21.2. The van der Waals surface area contributed by atoms with E-state index in [0.29, 0.717) is 31.0 Å². The Hall–Kier alpha value is -4.72. The Morgan fingerprint density at radius 3 is 2.28 bits per heavy atom. The first kappa shape index (κ1) is 36.3. The standard InChI is InChI=1S/C41H51N7O6/c1-53-36-19-28(32-23-43-39(50)33-22-42-11-7-30(32)33)20-37(54-2)34(36)25-46-17-15-45(16-18-46)12-8-26-9-13-47(14-10-26)29-4-3-27-24-48(41(52)31(27)21-29)35-5-6-38(49)44-40(35)51/h3-4,19-21,23,26,35,42H,5-18,22,24-25H2,1-2H3,(H,43,50)(H,44,49,51). The van der Waals surface area contributed by atoms with Crippen LogP contribution in [0.15, 0.2) is 41.3 Å². The molecule has 0 aliphatic carbocycles. The number of nitrogens with zero attached hydrogens (tertiary/aromatic N) is 4. The highest BCUT2D eigenvalue weighted by atomic mass is 16.5. The van der Waals surface area contributed by atoms with Crippen molar-refractivity contribution in [3.05, 3.63) is 74.7 Å². The van der Waals surface area contributed by atoms with Crippen LogP contribution in [-0.2, 0) is 35.6 Å². The molecule has 54 heavy (non-hydrogen) atoms. The molecule has 1 unspecified atom stereocenters. The second-order valence-electron chi connectivity index (χ2n) is 15.4. The summed E-state index contributed by atoms with van der Waals surface area (Å²) in [6, 6.07) is 9.71. The molecule has 13 heteroatoms. The number of rotatable bonds is 10. The largest absolute Gasteiger partial charge is 0.496 e. The maximum absolute atomic E-state index is 13.3. The van der Waals surface area contributed by atoms with Gasteiger partial charge in [-0.2, -0.15) is 0 Å². The lowest BCUT2D eigenvalue weighted by Crippen LogP contribution is -2.52. The number of aromatic amines is 1. The van der Waals surface area contributed by atoms with Crippen molar-refractivity contribution in [2.75, 3.05) is 71.5 Å². The summed E-state index contributed by atoms with van der Waals surface area (Å²) >= 11 is 0. The van der Waals surface area contributed by atoms with Gasteiger partial charge >= 0.3 is 0 Å². The number of piperazine rings is 1. The summed E-state index contributed by atoms with van der Waals surface area (Å²) in [5.74, 6) is 1.51. The lowest BCUT2D eigenvalue weighted by atomic mass is 9.92. The maximum atomic E-state index is 13.3. The highest BCUT2D eigenvalue weighted by Crippen LogP contribution is 2.38. The van der Waals surface area contributed by atoms with Crippen molar-refractivity contribution in [3.8, 4) is 22.6 Å². The van der Waals surface area contributed by atoms with Crippen molar-refractivity contribution in [3.63, 3.8) is 0 Å². The van der Waals surface area contributed by atoms with Crippen molar-refractivity contribution in [1.82, 2.24) is 30.3 Å². The van der Waals surface area contributed by atoms with Crippen LogP contribution in [0.5, 0.6) is 11.5 Å². The van der Waals surface area contributed by atoms with Crippen molar-refractivity contribution in [1.29, 1.82) is 0 Å². The molecule has 0 bridgehead atoms. The van der Waals surface area contributed by atoms with Crippen molar-refractivity contribution >= 4 is 23.4 Å². The lowest BCUT2D eigenvalue weighted by Gasteiger charge is -2.37. The smallest absolute Gasteiger partial charge is 0.255 e. The number of methoxy groups -OCH3 is 2. The summed E-state index contributed by atoms with van der Waals surface area (Å²) in [7, 11) is 3.42. The number of fused-ring (bicyclic) bond motifs is 2. The van der Waals surface area contributed by atoms with Crippen LogP contribution < -0.4 is 30.6 Å². The van der Waals surface area contributed by atoms with Crippen LogP contribution in [-0.4, -0.2) is 110 Å². The minimum Gasteiger partial charge on any atom is -0.496 e. The van der Waals surface area contributed by atoms with E-state index in [-0.39, 0.29) is 29.7 Å². The molecule has 3 N–H and O–H groups in total. The topological polar surface area (TPSA) is 140 Å². The number of piperidine rings is 2. The van der Waals surface area contributed by atoms with Crippen molar-refractivity contribution in [2.24, 2.45) is 5.92 Å². The van der Waals surface area contributed by atoms with Gasteiger partial charge in [0.25, 0.3) is 11.5 Å². The summed E-state index contributed by atoms with van der Waals surface area (Å²) in [6.45, 7) is 9.61. The number of hydrogen-bond donors (Lipinski definition) is 3. The molecule has 3 fully saturated rings. The van der Waals surface area contributed by atoms with Gasteiger partial charge < -0.3 is 34.5 Å². The average Bonchev–Trinajstić information content (AvgIpc) is 3.52. The number of ether oxygens (including phenoxy) is 2. The molecule has 0 radical (unpaired) electrons. The van der Waals surface area contributed by atoms with Crippen LogP contribution in [0.4, 0.5) is 5.69 Å². The van der Waals surface area contributed by atoms with Crippen molar-refractivity contribution in [2.45, 2.75) is 64.2 Å². The summed E-state index contributed by atoms with van der Waals surface area (Å²) in [5.41, 5.74) is 7.60. The number of carbonyl (C=O) groups is 3. The van der Waals surface area contributed by atoms with Gasteiger partial charge in [-0.05, 0) is 92.1 Å². The van der Waals surface area contributed by atoms with E-state index in [9.17, 15) is 19.2 Å². The molecule has 3 saturated heterocycles. The summed E-state index contributed by atoms with van der Waals surface area (Å²) < 4.78 is 11.9. The van der Waals surface area contributed by atoms with Gasteiger partial charge in [-0.15, -0.1) is 0 Å². The third-order valence-corrected chi connectivity index (χ3v) is 12.3. The molecule has 8 rings (SSSR count). The van der Waals surface area contributed by atoms with E-state index in [4.69, 9.17) is 9.47 Å². The molecule has 3 amide bonds. The van der Waals surface area contributed by atoms with Crippen molar-refractivity contribution < 1.29 is 23.9 Å². The van der Waals surface area contributed by atoms with E-state index >= 15 is 0 Å². The van der Waals surface area contributed by atoms with Gasteiger partial charge in [0.15, 0.2) is 0 Å². The molecule has 5 aliphatic heterocycles. The fraction of sp³-hybridized carbons (Fsp3) is 0.512. The fourth-order valence-corrected chi connectivity index (χ4v) is 9.04. The molecule has 2 aromatic carbocycles. The maximum Gasteiger partial charge on any atom is 0.255 e. The Kier molecular flexibility index (Phi) is 10.5. The van der Waals surface area contributed by atoms with Crippen LogP contribution in [0.25, 0.3) is 11.1 Å². The number of H-pyrrole nitrogens is 1. The van der Waals surface area contributed by atoms with Crippen LogP contribution in [0.3, 0.4) is 0 Å². The number of carbonyl (C=O) groups excluding carboxylic acids is 3. The molecule has 5 aliphatic rings. The number of amides is 3. The quantitative estimate of drug-likeness (QED) is 0.267. The molecule has 13 nitrogen and oxygen atoms in total. The van der Waals surface area contributed by atoms with Crippen LogP contribution >= 0.6 is 0 Å². The first-order valence-corrected chi connectivity index (χ1v) is 19.5. The van der Waals surface area contributed by atoms with E-state index < -0.39 is 6.04 Å². The fourth-order valence-electron chi connectivity index (χ4n) is 9.04. The molecular formula is C41H51N7O6. The zero-order valence-corrected chi connectivity index (χ0v) is 31.4. The minimum atomic E-state index is -0.589. The first-order valence-electron chi connectivity index (χ1n) is 19.5. The molecule has 6 heterocycles. The van der Waals surface area contributed by atoms with Gasteiger partial charge in [0.1, 0.15) is 17.5 Å². The third kappa shape index (κ3) is 7.24. The van der Waals surface area contributed by atoms with E-state index in [1.807, 2.05) is 18.3 Å². The van der Waals surface area contributed by atoms with Gasteiger partial charge in [0.05, 0.1) is 19.8 Å². The van der Waals surface area contributed by atoms with Gasteiger partial charge in [-0.3, -0.25) is 29.4 Å². The Balaban J connectivity index is 0.816. The third-order valence-electron chi connectivity index (χ3n) is 12.3. The average molecular weight is 738 g/mol. The molecule has 0 saturated carbocycles. The number of pyridine rings is 1. The number of imide groups is 1. The SMILES string of the molecule is COc1cc(-c2c[nH]c(=O)c3c2CCNC3)cc(OC)c1CN1CCN(CCC2CCN(c3ccc4c(c3)C(=O)N(C3CCC(=O)NC3=O)C4)CC2)CC1. The van der Waals surface area contributed by atoms with E-state index in [1.165, 1.54) is 6.42 Å². The minimum absolute atomic E-state index is 0.0321. The van der Waals surface area contributed by atoms with Crippen LogP contribution in [0.2, 0.25) is 0 Å². The van der Waals surface area contributed by atoms with Gasteiger partial charge in [-0.1, -0.05) is 6.07 Å². The number of aromatic nitrogens is 1. The molecule has 0 spiro atoms. The zero-order chi connectivity index (χ0) is 37.3. The second-order valence-corrected chi connectivity index (χ2v) is 15.4. The van der Waals surface area contributed by atoms with Crippen LogP contribution in [0.1, 0.15) is 64.7 Å². The molecule has 1 aromatic heterocycles. The first-order chi connectivity index (χ1) is 26.3. The Morgan fingerprint density at radius 1 is 0.815 bits per heavy atom. The van der Waals surface area contributed by atoms with E-state index in [0.717, 1.165) is 129 Å². The molecule has 3 aromatic rings. The lowest BCUT2D eigenvalue weighted by molar-refractivity contribution is -0.136. The van der Waals surface area contributed by atoms with E-state index in [2.05, 4.69) is 48.5 Å². The van der Waals surface area contributed by atoms with Crippen LogP contribution in [0, 0.1) is 5.92 Å².